The molecule has 0 spiro atoms. The van der Waals surface area contributed by atoms with E-state index >= 15 is 0 Å². The lowest BCUT2D eigenvalue weighted by Gasteiger charge is -2.16. The van der Waals surface area contributed by atoms with E-state index in [4.69, 9.17) is 25.8 Å². The summed E-state index contributed by atoms with van der Waals surface area (Å²) in [4.78, 5) is 0. The molecule has 0 heterocycles. The molecule has 4 nitrogen and oxygen atoms in total. The summed E-state index contributed by atoms with van der Waals surface area (Å²) in [6.45, 7) is 4.35. The van der Waals surface area contributed by atoms with Crippen LogP contribution in [0.25, 0.3) is 0 Å². The van der Waals surface area contributed by atoms with Gasteiger partial charge in [-0.15, -0.1) is 0 Å². The fourth-order valence-corrected chi connectivity index (χ4v) is 3.60. The number of nitrogens with one attached hydrogen (secondary N) is 1. The highest BCUT2D eigenvalue weighted by atomic mass is 79.9. The highest BCUT2D eigenvalue weighted by molar-refractivity contribution is 9.10. The lowest BCUT2D eigenvalue weighted by Crippen LogP contribution is -2.14. The van der Waals surface area contributed by atoms with Crippen molar-refractivity contribution in [2.24, 2.45) is 0 Å². The molecule has 3 rings (SSSR count). The first-order valence-electron chi connectivity index (χ1n) is 9.75. The number of para-hydroxylation sites is 1. The lowest BCUT2D eigenvalue weighted by atomic mass is 10.1. The number of halogens is 2. The Hall–Kier alpha value is -2.21. The molecule has 0 atom stereocenters. The molecule has 0 fully saturated rings. The Kier molecular flexibility index (Phi) is 8.43. The minimum atomic E-state index is 0.440. The SMILES string of the molecule is CCOc1cc(CNCc2ccccc2OC)c(Br)cc1OCc1ccc(Cl)cc1. The molecule has 0 saturated carbocycles. The average Bonchev–Trinajstić information content (AvgIpc) is 2.76. The van der Waals surface area contributed by atoms with E-state index in [-0.39, 0.29) is 0 Å². The zero-order valence-electron chi connectivity index (χ0n) is 17.1. The number of methoxy groups -OCH3 is 1. The minimum absolute atomic E-state index is 0.440. The van der Waals surface area contributed by atoms with Crippen LogP contribution in [0.2, 0.25) is 5.02 Å². The summed E-state index contributed by atoms with van der Waals surface area (Å²) in [6, 6.07) is 19.6. The van der Waals surface area contributed by atoms with Gasteiger partial charge in [-0.05, 0) is 48.4 Å². The molecule has 6 heteroatoms. The van der Waals surface area contributed by atoms with Crippen LogP contribution in [0.5, 0.6) is 17.2 Å². The number of benzene rings is 3. The van der Waals surface area contributed by atoms with Crippen molar-refractivity contribution in [2.45, 2.75) is 26.6 Å². The predicted molar refractivity (Wildman–Crippen MR) is 125 cm³/mol. The monoisotopic (exact) mass is 489 g/mol. The molecule has 158 valence electrons. The normalized spacial score (nSPS) is 10.7. The Labute approximate surface area is 191 Å². The van der Waals surface area contributed by atoms with E-state index < -0.39 is 0 Å². The standard InChI is InChI=1S/C24H25BrClNO3/c1-3-29-23-12-19(15-27-14-18-6-4-5-7-22(18)28-2)21(25)13-24(23)30-16-17-8-10-20(26)11-9-17/h4-13,27H,3,14-16H2,1-2H3. The van der Waals surface area contributed by atoms with Crippen LogP contribution >= 0.6 is 27.5 Å². The maximum atomic E-state index is 6.02. The number of rotatable bonds is 10. The third-order valence-electron chi connectivity index (χ3n) is 4.54. The Morgan fingerprint density at radius 2 is 1.57 bits per heavy atom. The van der Waals surface area contributed by atoms with E-state index in [0.29, 0.717) is 37.1 Å². The Balaban J connectivity index is 1.68. The quantitative estimate of drug-likeness (QED) is 0.358. The lowest BCUT2D eigenvalue weighted by molar-refractivity contribution is 0.269. The van der Waals surface area contributed by atoms with Crippen molar-refractivity contribution >= 4 is 27.5 Å². The van der Waals surface area contributed by atoms with Gasteiger partial charge in [0.25, 0.3) is 0 Å². The molecule has 0 amide bonds. The van der Waals surface area contributed by atoms with E-state index in [9.17, 15) is 0 Å². The van der Waals surface area contributed by atoms with Gasteiger partial charge in [0.05, 0.1) is 13.7 Å². The van der Waals surface area contributed by atoms with Crippen LogP contribution in [-0.2, 0) is 19.7 Å². The number of ether oxygens (including phenoxy) is 3. The molecule has 0 aromatic heterocycles. The summed E-state index contributed by atoms with van der Waals surface area (Å²) >= 11 is 9.62. The second-order valence-corrected chi connectivity index (χ2v) is 7.94. The molecule has 0 saturated heterocycles. The molecule has 3 aromatic rings. The first kappa shape index (κ1) is 22.5. The van der Waals surface area contributed by atoms with Crippen molar-refractivity contribution in [1.29, 1.82) is 0 Å². The summed E-state index contributed by atoms with van der Waals surface area (Å²) < 4.78 is 18.2. The third-order valence-corrected chi connectivity index (χ3v) is 5.53. The highest BCUT2D eigenvalue weighted by Gasteiger charge is 2.12. The molecule has 3 aromatic carbocycles. The molecular formula is C24H25BrClNO3. The van der Waals surface area contributed by atoms with Crippen molar-refractivity contribution in [3.63, 3.8) is 0 Å². The van der Waals surface area contributed by atoms with E-state index in [0.717, 1.165) is 32.7 Å². The molecule has 30 heavy (non-hydrogen) atoms. The number of hydrogen-bond acceptors (Lipinski definition) is 4. The van der Waals surface area contributed by atoms with Gasteiger partial charge < -0.3 is 19.5 Å². The largest absolute Gasteiger partial charge is 0.496 e. The summed E-state index contributed by atoms with van der Waals surface area (Å²) in [5.41, 5.74) is 3.25. The van der Waals surface area contributed by atoms with E-state index in [2.05, 4.69) is 27.3 Å². The second-order valence-electron chi connectivity index (χ2n) is 6.65. The van der Waals surface area contributed by atoms with Crippen molar-refractivity contribution in [3.05, 3.63) is 86.8 Å². The van der Waals surface area contributed by atoms with E-state index in [1.807, 2.05) is 61.5 Å². The van der Waals surface area contributed by atoms with Gasteiger partial charge in [-0.25, -0.2) is 0 Å². The van der Waals surface area contributed by atoms with Gasteiger partial charge in [0.15, 0.2) is 11.5 Å². The smallest absolute Gasteiger partial charge is 0.162 e. The van der Waals surface area contributed by atoms with E-state index in [1.54, 1.807) is 7.11 Å². The molecular weight excluding hydrogens is 466 g/mol. The minimum Gasteiger partial charge on any atom is -0.496 e. The van der Waals surface area contributed by atoms with Gasteiger partial charge in [0.2, 0.25) is 0 Å². The van der Waals surface area contributed by atoms with Crippen molar-refractivity contribution in [1.82, 2.24) is 5.32 Å². The zero-order chi connectivity index (χ0) is 21.3. The zero-order valence-corrected chi connectivity index (χ0v) is 19.4. The van der Waals surface area contributed by atoms with Gasteiger partial charge >= 0.3 is 0 Å². The molecule has 0 radical (unpaired) electrons. The van der Waals surface area contributed by atoms with E-state index in [1.165, 1.54) is 0 Å². The van der Waals surface area contributed by atoms with Crippen LogP contribution in [0, 0.1) is 0 Å². The van der Waals surface area contributed by atoms with Crippen LogP contribution in [0.3, 0.4) is 0 Å². The maximum absolute atomic E-state index is 6.02. The Bertz CT molecular complexity index is 963. The second kappa shape index (κ2) is 11.3. The summed E-state index contributed by atoms with van der Waals surface area (Å²) in [6.07, 6.45) is 0. The van der Waals surface area contributed by atoms with Gasteiger partial charge in [0.1, 0.15) is 12.4 Å². The average molecular weight is 491 g/mol. The maximum Gasteiger partial charge on any atom is 0.162 e. The van der Waals surface area contributed by atoms with Crippen molar-refractivity contribution < 1.29 is 14.2 Å². The van der Waals surface area contributed by atoms with Crippen molar-refractivity contribution in [2.75, 3.05) is 13.7 Å². The molecule has 0 aliphatic rings. The first-order valence-corrected chi connectivity index (χ1v) is 10.9. The van der Waals surface area contributed by atoms with Crippen LogP contribution in [0.15, 0.2) is 65.1 Å². The fourth-order valence-electron chi connectivity index (χ4n) is 3.02. The first-order chi connectivity index (χ1) is 14.6. The third kappa shape index (κ3) is 6.14. The molecule has 0 bridgehead atoms. The molecule has 1 N–H and O–H groups in total. The molecule has 0 aliphatic carbocycles. The van der Waals surface area contributed by atoms with Gasteiger partial charge in [-0.2, -0.15) is 0 Å². The fraction of sp³-hybridized carbons (Fsp3) is 0.250. The number of hydrogen-bond donors (Lipinski definition) is 1. The van der Waals surface area contributed by atoms with Crippen molar-refractivity contribution in [3.8, 4) is 17.2 Å². The van der Waals surface area contributed by atoms with Crippen LogP contribution < -0.4 is 19.5 Å². The van der Waals surface area contributed by atoms with Gasteiger partial charge in [0, 0.05) is 28.1 Å². The summed E-state index contributed by atoms with van der Waals surface area (Å²) in [5.74, 6) is 2.31. The molecule has 0 unspecified atom stereocenters. The van der Waals surface area contributed by atoms with Crippen LogP contribution in [-0.4, -0.2) is 13.7 Å². The van der Waals surface area contributed by atoms with Crippen LogP contribution in [0.4, 0.5) is 0 Å². The highest BCUT2D eigenvalue weighted by Crippen LogP contribution is 2.34. The van der Waals surface area contributed by atoms with Gasteiger partial charge in [-0.1, -0.05) is 57.9 Å². The molecule has 0 aliphatic heterocycles. The summed E-state index contributed by atoms with van der Waals surface area (Å²) in [5, 5.41) is 4.18. The predicted octanol–water partition coefficient (Wildman–Crippen LogP) is 6.38. The van der Waals surface area contributed by atoms with Crippen LogP contribution in [0.1, 0.15) is 23.6 Å². The Morgan fingerprint density at radius 1 is 0.867 bits per heavy atom. The topological polar surface area (TPSA) is 39.7 Å². The van der Waals surface area contributed by atoms with Gasteiger partial charge in [-0.3, -0.25) is 0 Å². The summed E-state index contributed by atoms with van der Waals surface area (Å²) in [7, 11) is 1.69. The Morgan fingerprint density at radius 3 is 2.30 bits per heavy atom.